The first kappa shape index (κ1) is 19.1. The van der Waals surface area contributed by atoms with Gasteiger partial charge >= 0.3 is 0 Å². The number of amides is 1. The van der Waals surface area contributed by atoms with Crippen LogP contribution in [0, 0.1) is 0 Å². The van der Waals surface area contributed by atoms with E-state index in [4.69, 9.17) is 11.1 Å². The van der Waals surface area contributed by atoms with Gasteiger partial charge in [0.25, 0.3) is 5.91 Å². The Kier molecular flexibility index (Phi) is 6.58. The third kappa shape index (κ3) is 4.73. The second-order valence-electron chi connectivity index (χ2n) is 7.41. The SMILES string of the molecule is [N-]=[N+]=Nc1cc(N=[N+]=[N-])cc(C(=O)N(C2CCCCC2)C2CCCCC2)c1. The smallest absolute Gasteiger partial charge is 0.254 e. The summed E-state index contributed by atoms with van der Waals surface area (Å²) in [6, 6.07) is 5.21. The highest BCUT2D eigenvalue weighted by molar-refractivity contribution is 5.96. The van der Waals surface area contributed by atoms with Gasteiger partial charge in [0, 0.05) is 38.8 Å². The Morgan fingerprint density at radius 1 is 0.815 bits per heavy atom. The van der Waals surface area contributed by atoms with Gasteiger partial charge in [-0.05, 0) is 54.9 Å². The number of carbonyl (C=O) groups is 1. The molecule has 2 fully saturated rings. The first-order chi connectivity index (χ1) is 13.2. The quantitative estimate of drug-likeness (QED) is 0.322. The van der Waals surface area contributed by atoms with E-state index in [0.29, 0.717) is 5.56 Å². The molecule has 0 aromatic heterocycles. The molecule has 0 unspecified atom stereocenters. The summed E-state index contributed by atoms with van der Waals surface area (Å²) in [6.45, 7) is 0. The monoisotopic (exact) mass is 367 g/mol. The van der Waals surface area contributed by atoms with E-state index in [-0.39, 0.29) is 29.4 Å². The number of benzene rings is 1. The Balaban J connectivity index is 1.96. The molecule has 0 heterocycles. The zero-order valence-electron chi connectivity index (χ0n) is 15.5. The molecule has 0 aliphatic heterocycles. The lowest BCUT2D eigenvalue weighted by Gasteiger charge is -2.42. The van der Waals surface area contributed by atoms with Crippen LogP contribution in [0.15, 0.2) is 28.4 Å². The summed E-state index contributed by atoms with van der Waals surface area (Å²) in [4.78, 5) is 21.2. The molecule has 2 aliphatic carbocycles. The van der Waals surface area contributed by atoms with Crippen LogP contribution in [-0.4, -0.2) is 22.9 Å². The maximum absolute atomic E-state index is 13.5. The average Bonchev–Trinajstić information content (AvgIpc) is 2.70. The van der Waals surface area contributed by atoms with Crippen molar-refractivity contribution in [3.63, 3.8) is 0 Å². The Morgan fingerprint density at radius 3 is 1.67 bits per heavy atom. The van der Waals surface area contributed by atoms with Gasteiger partial charge in [-0.3, -0.25) is 4.79 Å². The lowest BCUT2D eigenvalue weighted by Crippen LogP contribution is -2.48. The van der Waals surface area contributed by atoms with Crippen LogP contribution in [0.25, 0.3) is 20.9 Å². The van der Waals surface area contributed by atoms with Crippen molar-refractivity contribution in [1.29, 1.82) is 0 Å². The van der Waals surface area contributed by atoms with Crippen LogP contribution in [0.1, 0.15) is 74.6 Å². The van der Waals surface area contributed by atoms with Gasteiger partial charge in [-0.2, -0.15) is 0 Å². The van der Waals surface area contributed by atoms with Crippen molar-refractivity contribution in [2.24, 2.45) is 10.2 Å². The number of carbonyl (C=O) groups excluding carboxylic acids is 1. The van der Waals surface area contributed by atoms with E-state index < -0.39 is 0 Å². The Hall–Kier alpha value is -2.69. The normalized spacial score (nSPS) is 18.2. The van der Waals surface area contributed by atoms with Crippen LogP contribution in [0.2, 0.25) is 0 Å². The average molecular weight is 367 g/mol. The Morgan fingerprint density at radius 2 is 1.26 bits per heavy atom. The summed E-state index contributed by atoms with van der Waals surface area (Å²) >= 11 is 0. The molecular weight excluding hydrogens is 342 g/mol. The van der Waals surface area contributed by atoms with Crippen molar-refractivity contribution in [3.05, 3.63) is 44.6 Å². The van der Waals surface area contributed by atoms with Gasteiger partial charge in [0.1, 0.15) is 0 Å². The minimum atomic E-state index is -0.0434. The minimum Gasteiger partial charge on any atom is -0.333 e. The molecule has 3 rings (SSSR count). The zero-order valence-corrected chi connectivity index (χ0v) is 15.5. The molecule has 0 N–H and O–H groups in total. The number of nitrogens with zero attached hydrogens (tertiary/aromatic N) is 7. The topological polar surface area (TPSA) is 118 Å². The van der Waals surface area contributed by atoms with E-state index in [1.807, 2.05) is 0 Å². The molecule has 142 valence electrons. The summed E-state index contributed by atoms with van der Waals surface area (Å²) in [5, 5.41) is 7.21. The largest absolute Gasteiger partial charge is 0.333 e. The molecule has 0 spiro atoms. The van der Waals surface area contributed by atoms with E-state index in [9.17, 15) is 4.79 Å². The molecule has 8 nitrogen and oxygen atoms in total. The van der Waals surface area contributed by atoms with Crippen LogP contribution in [0.3, 0.4) is 0 Å². The third-order valence-corrected chi connectivity index (χ3v) is 5.64. The van der Waals surface area contributed by atoms with E-state index >= 15 is 0 Å². The first-order valence-electron chi connectivity index (χ1n) is 9.81. The molecule has 27 heavy (non-hydrogen) atoms. The molecule has 0 saturated heterocycles. The van der Waals surface area contributed by atoms with E-state index in [0.717, 1.165) is 51.4 Å². The van der Waals surface area contributed by atoms with Gasteiger partial charge in [-0.1, -0.05) is 48.8 Å². The highest BCUT2D eigenvalue weighted by atomic mass is 16.2. The molecule has 0 atom stereocenters. The van der Waals surface area contributed by atoms with Crippen LogP contribution >= 0.6 is 0 Å². The molecule has 1 aromatic rings. The summed E-state index contributed by atoms with van der Waals surface area (Å²) in [7, 11) is 0. The molecule has 2 aliphatic rings. The fraction of sp³-hybridized carbons (Fsp3) is 0.632. The fourth-order valence-corrected chi connectivity index (χ4v) is 4.43. The van der Waals surface area contributed by atoms with E-state index in [1.165, 1.54) is 18.9 Å². The van der Waals surface area contributed by atoms with Crippen LogP contribution in [0.4, 0.5) is 11.4 Å². The lowest BCUT2D eigenvalue weighted by atomic mass is 9.88. The molecule has 8 heteroatoms. The van der Waals surface area contributed by atoms with Crippen molar-refractivity contribution in [1.82, 2.24) is 4.90 Å². The molecule has 2 saturated carbocycles. The molecule has 1 amide bonds. The fourth-order valence-electron chi connectivity index (χ4n) is 4.43. The van der Waals surface area contributed by atoms with Gasteiger partial charge < -0.3 is 4.90 Å². The Labute approximate surface area is 158 Å². The number of hydrogen-bond acceptors (Lipinski definition) is 3. The second-order valence-corrected chi connectivity index (χ2v) is 7.41. The third-order valence-electron chi connectivity index (χ3n) is 5.64. The van der Waals surface area contributed by atoms with Crippen molar-refractivity contribution in [2.75, 3.05) is 0 Å². The number of hydrogen-bond donors (Lipinski definition) is 0. The van der Waals surface area contributed by atoms with Gasteiger partial charge in [0.05, 0.1) is 0 Å². The molecule has 0 bridgehead atoms. The number of rotatable bonds is 5. The molecule has 1 aromatic carbocycles. The van der Waals surface area contributed by atoms with Gasteiger partial charge in [-0.15, -0.1) is 0 Å². The van der Waals surface area contributed by atoms with Crippen molar-refractivity contribution in [3.8, 4) is 0 Å². The first-order valence-corrected chi connectivity index (χ1v) is 9.81. The zero-order chi connectivity index (χ0) is 19.1. The molecule has 0 radical (unpaired) electrons. The Bertz CT molecular complexity index is 714. The van der Waals surface area contributed by atoms with Gasteiger partial charge in [0.2, 0.25) is 0 Å². The van der Waals surface area contributed by atoms with Gasteiger partial charge in [-0.25, -0.2) is 0 Å². The second kappa shape index (κ2) is 9.31. The maximum Gasteiger partial charge on any atom is 0.254 e. The standard InChI is InChI=1S/C19H25N7O/c20-24-22-15-11-14(12-16(13-15)23-25-21)19(27)26(17-7-3-1-4-8-17)18-9-5-2-6-10-18/h11-13,17-18H,1-10H2. The van der Waals surface area contributed by atoms with E-state index in [2.05, 4.69) is 25.0 Å². The molecular formula is C19H25N7O. The van der Waals surface area contributed by atoms with Crippen molar-refractivity contribution < 1.29 is 4.79 Å². The minimum absolute atomic E-state index is 0.0434. The van der Waals surface area contributed by atoms with Crippen LogP contribution in [0.5, 0.6) is 0 Å². The van der Waals surface area contributed by atoms with Gasteiger partial charge in [0.15, 0.2) is 0 Å². The maximum atomic E-state index is 13.5. The van der Waals surface area contributed by atoms with Crippen LogP contribution < -0.4 is 0 Å². The van der Waals surface area contributed by atoms with E-state index in [1.54, 1.807) is 12.1 Å². The van der Waals surface area contributed by atoms with Crippen LogP contribution in [-0.2, 0) is 0 Å². The highest BCUT2D eigenvalue weighted by Crippen LogP contribution is 2.33. The lowest BCUT2D eigenvalue weighted by molar-refractivity contribution is 0.0448. The summed E-state index contributed by atoms with van der Waals surface area (Å²) in [6.07, 6.45) is 11.3. The summed E-state index contributed by atoms with van der Waals surface area (Å²) < 4.78 is 0. The predicted molar refractivity (Wildman–Crippen MR) is 104 cm³/mol. The van der Waals surface area contributed by atoms with Crippen molar-refractivity contribution in [2.45, 2.75) is 76.3 Å². The number of azide groups is 2. The summed E-state index contributed by atoms with van der Waals surface area (Å²) in [5.41, 5.74) is 18.5. The highest BCUT2D eigenvalue weighted by Gasteiger charge is 2.33. The summed E-state index contributed by atoms with van der Waals surface area (Å²) in [5.74, 6) is -0.0434. The van der Waals surface area contributed by atoms with Crippen molar-refractivity contribution >= 4 is 17.3 Å². The predicted octanol–water partition coefficient (Wildman–Crippen LogP) is 6.68.